The van der Waals surface area contributed by atoms with Crippen LogP contribution in [-0.4, -0.2) is 41.0 Å². The normalized spacial score (nSPS) is 31.5. The average Bonchev–Trinajstić information content (AvgIpc) is 2.27. The topological polar surface area (TPSA) is 58.4 Å². The van der Waals surface area contributed by atoms with Gasteiger partial charge in [0.1, 0.15) is 0 Å². The molecule has 96 valence electrons. The number of fused-ring (bicyclic) bond motifs is 1. The molecule has 0 aromatic heterocycles. The summed E-state index contributed by atoms with van der Waals surface area (Å²) in [5.74, 6) is 0.825. The first-order chi connectivity index (χ1) is 8.06. The molecule has 0 spiro atoms. The summed E-state index contributed by atoms with van der Waals surface area (Å²) >= 11 is 4.97. The quantitative estimate of drug-likeness (QED) is 0.727. The molecule has 2 saturated heterocycles. The van der Waals surface area contributed by atoms with Gasteiger partial charge in [-0.3, -0.25) is 9.69 Å². The summed E-state index contributed by atoms with van der Waals surface area (Å²) in [6, 6.07) is 0.815. The molecule has 2 aliphatic rings. The van der Waals surface area contributed by atoms with Crippen LogP contribution in [0.15, 0.2) is 0 Å². The molecule has 17 heavy (non-hydrogen) atoms. The highest BCUT2D eigenvalue weighted by Gasteiger charge is 2.34. The Morgan fingerprint density at radius 1 is 1.65 bits per heavy atom. The number of nitrogens with two attached hydrogens (primary N) is 1. The number of thiocarbonyl (C=S) groups is 1. The van der Waals surface area contributed by atoms with Crippen LogP contribution in [0.4, 0.5) is 0 Å². The second-order valence-corrected chi connectivity index (χ2v) is 5.80. The lowest BCUT2D eigenvalue weighted by atomic mass is 9.84. The fraction of sp³-hybridized carbons (Fsp3) is 0.833. The molecule has 3 N–H and O–H groups in total. The Hall–Kier alpha value is -0.680. The molecule has 2 rings (SSSR count). The number of rotatable bonds is 3. The third-order valence-corrected chi connectivity index (χ3v) is 4.14. The number of hydrogen-bond acceptors (Lipinski definition) is 3. The summed E-state index contributed by atoms with van der Waals surface area (Å²) in [4.78, 5) is 14.4. The van der Waals surface area contributed by atoms with E-state index in [1.165, 1.54) is 0 Å². The minimum absolute atomic E-state index is 0.218. The van der Waals surface area contributed by atoms with E-state index in [-0.39, 0.29) is 5.91 Å². The van der Waals surface area contributed by atoms with Gasteiger partial charge < -0.3 is 11.1 Å². The molecule has 0 aromatic carbocycles. The van der Waals surface area contributed by atoms with Crippen LogP contribution in [0.3, 0.4) is 0 Å². The molecule has 3 atom stereocenters. The molecule has 2 heterocycles. The van der Waals surface area contributed by atoms with Gasteiger partial charge in [0.05, 0.1) is 4.99 Å². The SMILES string of the molecule is CC(CC(N)=S)N1CCC2NC(=O)CCC2C1. The smallest absolute Gasteiger partial charge is 0.220 e. The van der Waals surface area contributed by atoms with E-state index in [2.05, 4.69) is 17.1 Å². The highest BCUT2D eigenvalue weighted by Crippen LogP contribution is 2.26. The van der Waals surface area contributed by atoms with E-state index in [4.69, 9.17) is 18.0 Å². The van der Waals surface area contributed by atoms with Gasteiger partial charge in [0.25, 0.3) is 0 Å². The standard InChI is InChI=1S/C12H21N3OS/c1-8(6-11(13)17)15-5-4-10-9(7-15)2-3-12(16)14-10/h8-10H,2-7H2,1H3,(H2,13,17)(H,14,16). The summed E-state index contributed by atoms with van der Waals surface area (Å²) in [6.07, 6.45) is 3.54. The van der Waals surface area contributed by atoms with Crippen molar-refractivity contribution in [3.05, 3.63) is 0 Å². The molecule has 0 bridgehead atoms. The van der Waals surface area contributed by atoms with Gasteiger partial charge in [-0.1, -0.05) is 12.2 Å². The van der Waals surface area contributed by atoms with Crippen molar-refractivity contribution >= 4 is 23.1 Å². The third kappa shape index (κ3) is 3.16. The summed E-state index contributed by atoms with van der Waals surface area (Å²) in [7, 11) is 0. The van der Waals surface area contributed by atoms with Gasteiger partial charge in [-0.2, -0.15) is 0 Å². The predicted molar refractivity (Wildman–Crippen MR) is 71.7 cm³/mol. The predicted octanol–water partition coefficient (Wildman–Crippen LogP) is 0.652. The van der Waals surface area contributed by atoms with E-state index in [1.807, 2.05) is 0 Å². The zero-order chi connectivity index (χ0) is 12.4. The van der Waals surface area contributed by atoms with Crippen molar-refractivity contribution in [3.63, 3.8) is 0 Å². The number of amides is 1. The first kappa shape index (κ1) is 12.8. The largest absolute Gasteiger partial charge is 0.393 e. The molecular formula is C12H21N3OS. The van der Waals surface area contributed by atoms with Crippen molar-refractivity contribution in [3.8, 4) is 0 Å². The molecule has 5 heteroatoms. The van der Waals surface area contributed by atoms with Crippen LogP contribution in [-0.2, 0) is 4.79 Å². The second kappa shape index (κ2) is 5.31. The van der Waals surface area contributed by atoms with Gasteiger partial charge in [0.15, 0.2) is 0 Å². The van der Waals surface area contributed by atoms with E-state index in [0.717, 1.165) is 32.4 Å². The fourth-order valence-corrected chi connectivity index (χ4v) is 3.20. The maximum atomic E-state index is 11.3. The Bertz CT molecular complexity index is 321. The average molecular weight is 255 g/mol. The van der Waals surface area contributed by atoms with E-state index in [0.29, 0.717) is 29.4 Å². The monoisotopic (exact) mass is 255 g/mol. The van der Waals surface area contributed by atoms with Crippen LogP contribution in [0.5, 0.6) is 0 Å². The Labute approximate surface area is 108 Å². The summed E-state index contributed by atoms with van der Waals surface area (Å²) in [5, 5.41) is 3.10. The van der Waals surface area contributed by atoms with Crippen molar-refractivity contribution in [1.29, 1.82) is 0 Å². The van der Waals surface area contributed by atoms with Gasteiger partial charge in [-0.05, 0) is 25.7 Å². The molecule has 1 amide bonds. The van der Waals surface area contributed by atoms with Crippen LogP contribution < -0.4 is 11.1 Å². The molecule has 3 unspecified atom stereocenters. The van der Waals surface area contributed by atoms with Crippen LogP contribution in [0.2, 0.25) is 0 Å². The molecule has 2 fully saturated rings. The zero-order valence-corrected chi connectivity index (χ0v) is 11.1. The van der Waals surface area contributed by atoms with Gasteiger partial charge >= 0.3 is 0 Å². The lowest BCUT2D eigenvalue weighted by molar-refractivity contribution is -0.125. The number of nitrogens with one attached hydrogen (secondary N) is 1. The third-order valence-electron chi connectivity index (χ3n) is 3.97. The Balaban J connectivity index is 1.89. The van der Waals surface area contributed by atoms with E-state index in [9.17, 15) is 4.79 Å². The molecule has 0 aromatic rings. The van der Waals surface area contributed by atoms with E-state index < -0.39 is 0 Å². The molecule has 0 saturated carbocycles. The first-order valence-electron chi connectivity index (χ1n) is 6.38. The molecule has 0 aliphatic carbocycles. The number of likely N-dealkylation sites (tertiary alicyclic amines) is 1. The Morgan fingerprint density at radius 3 is 3.12 bits per heavy atom. The lowest BCUT2D eigenvalue weighted by Gasteiger charge is -2.43. The van der Waals surface area contributed by atoms with Crippen molar-refractivity contribution in [2.75, 3.05) is 13.1 Å². The van der Waals surface area contributed by atoms with Gasteiger partial charge in [-0.15, -0.1) is 0 Å². The number of piperidine rings is 2. The van der Waals surface area contributed by atoms with E-state index >= 15 is 0 Å². The van der Waals surface area contributed by atoms with Crippen LogP contribution in [0, 0.1) is 5.92 Å². The minimum Gasteiger partial charge on any atom is -0.393 e. The number of carbonyl (C=O) groups excluding carboxylic acids is 1. The maximum Gasteiger partial charge on any atom is 0.220 e. The van der Waals surface area contributed by atoms with Crippen molar-refractivity contribution in [1.82, 2.24) is 10.2 Å². The van der Waals surface area contributed by atoms with Gasteiger partial charge in [-0.25, -0.2) is 0 Å². The molecule has 2 aliphatic heterocycles. The molecular weight excluding hydrogens is 234 g/mol. The van der Waals surface area contributed by atoms with Crippen LogP contribution >= 0.6 is 12.2 Å². The van der Waals surface area contributed by atoms with Gasteiger partial charge in [0, 0.05) is 38.0 Å². The van der Waals surface area contributed by atoms with Crippen molar-refractivity contribution in [2.24, 2.45) is 11.7 Å². The number of hydrogen-bond donors (Lipinski definition) is 2. The Kier molecular flexibility index (Phi) is 3.99. The van der Waals surface area contributed by atoms with Crippen LogP contribution in [0.1, 0.15) is 32.6 Å². The van der Waals surface area contributed by atoms with Crippen molar-refractivity contribution < 1.29 is 4.79 Å². The number of nitrogens with zero attached hydrogens (tertiary/aromatic N) is 1. The Morgan fingerprint density at radius 2 is 2.41 bits per heavy atom. The summed E-state index contributed by atoms with van der Waals surface area (Å²) in [5.41, 5.74) is 5.60. The highest BCUT2D eigenvalue weighted by atomic mass is 32.1. The van der Waals surface area contributed by atoms with Crippen LogP contribution in [0.25, 0.3) is 0 Å². The van der Waals surface area contributed by atoms with E-state index in [1.54, 1.807) is 0 Å². The second-order valence-electron chi connectivity index (χ2n) is 5.28. The fourth-order valence-electron chi connectivity index (χ4n) is 2.96. The van der Waals surface area contributed by atoms with Crippen molar-refractivity contribution in [2.45, 2.75) is 44.7 Å². The summed E-state index contributed by atoms with van der Waals surface area (Å²) < 4.78 is 0. The zero-order valence-electron chi connectivity index (χ0n) is 10.3. The summed E-state index contributed by atoms with van der Waals surface area (Å²) in [6.45, 7) is 4.28. The molecule has 4 nitrogen and oxygen atoms in total. The maximum absolute atomic E-state index is 11.3. The van der Waals surface area contributed by atoms with Gasteiger partial charge in [0.2, 0.25) is 5.91 Å². The molecule has 0 radical (unpaired) electrons. The number of carbonyl (C=O) groups is 1. The highest BCUT2D eigenvalue weighted by molar-refractivity contribution is 7.80. The first-order valence-corrected chi connectivity index (χ1v) is 6.79. The lowest BCUT2D eigenvalue weighted by Crippen LogP contribution is -2.55. The minimum atomic E-state index is 0.218.